The van der Waals surface area contributed by atoms with Crippen LogP contribution >= 0.6 is 0 Å². The van der Waals surface area contributed by atoms with Gasteiger partial charge in [0.15, 0.2) is 11.5 Å². The topological polar surface area (TPSA) is 77.7 Å². The highest BCUT2D eigenvalue weighted by molar-refractivity contribution is 5.48. The van der Waals surface area contributed by atoms with E-state index in [1.165, 1.54) is 4.63 Å². The Morgan fingerprint density at radius 3 is 2.84 bits per heavy atom. The molecule has 2 aromatic heterocycles. The fourth-order valence-electron chi connectivity index (χ4n) is 3.58. The summed E-state index contributed by atoms with van der Waals surface area (Å²) in [5, 5.41) is 16.1. The second-order valence-corrected chi connectivity index (χ2v) is 6.58. The van der Waals surface area contributed by atoms with Crippen LogP contribution in [0.2, 0.25) is 0 Å². The zero-order valence-corrected chi connectivity index (χ0v) is 13.7. The highest BCUT2D eigenvalue weighted by Gasteiger charge is 2.39. The van der Waals surface area contributed by atoms with E-state index < -0.39 is 0 Å². The molecule has 1 saturated heterocycles. The van der Waals surface area contributed by atoms with Gasteiger partial charge in [0, 0.05) is 24.9 Å². The van der Waals surface area contributed by atoms with Gasteiger partial charge in [0.25, 0.3) is 0 Å². The molecule has 0 bridgehead atoms. The SMILES string of the molecule is c1ccc2c(c1)CN(c1ccc3nnnn3n1)CC1(CCOCC1)O2. The largest absolute Gasteiger partial charge is 0.485 e. The second kappa shape index (κ2) is 5.66. The number of aromatic nitrogens is 5. The van der Waals surface area contributed by atoms with Crippen molar-refractivity contribution >= 4 is 11.5 Å². The van der Waals surface area contributed by atoms with E-state index >= 15 is 0 Å². The lowest BCUT2D eigenvalue weighted by molar-refractivity contribution is -0.0391. The van der Waals surface area contributed by atoms with Gasteiger partial charge >= 0.3 is 0 Å². The average Bonchev–Trinajstić information content (AvgIpc) is 3.05. The molecule has 4 heterocycles. The summed E-state index contributed by atoms with van der Waals surface area (Å²) in [5.74, 6) is 1.79. The lowest BCUT2D eigenvalue weighted by Gasteiger charge is -2.39. The van der Waals surface area contributed by atoms with Crippen molar-refractivity contribution in [2.45, 2.75) is 25.0 Å². The van der Waals surface area contributed by atoms with Crippen LogP contribution in [-0.4, -0.2) is 50.6 Å². The standard InChI is InChI=1S/C17H18N6O2/c1-2-4-14-13(3-1)11-22(12-17(25-14)7-9-24-10-8-17)16-6-5-15-18-20-21-23(15)19-16/h1-6H,7-12H2. The van der Waals surface area contributed by atoms with Crippen molar-refractivity contribution in [2.24, 2.45) is 0 Å². The Morgan fingerprint density at radius 1 is 1.04 bits per heavy atom. The van der Waals surface area contributed by atoms with Crippen molar-refractivity contribution < 1.29 is 9.47 Å². The Bertz CT molecular complexity index is 905. The molecule has 1 aromatic carbocycles. The van der Waals surface area contributed by atoms with Gasteiger partial charge in [0.05, 0.1) is 19.8 Å². The van der Waals surface area contributed by atoms with Crippen LogP contribution in [0.5, 0.6) is 5.75 Å². The molecule has 0 N–H and O–H groups in total. The maximum atomic E-state index is 6.51. The normalized spacial score (nSPS) is 19.4. The third kappa shape index (κ3) is 2.58. The van der Waals surface area contributed by atoms with Gasteiger partial charge in [0.1, 0.15) is 11.4 Å². The van der Waals surface area contributed by atoms with Gasteiger partial charge < -0.3 is 14.4 Å². The number of para-hydroxylation sites is 1. The Labute approximate surface area is 144 Å². The third-order valence-corrected chi connectivity index (χ3v) is 4.92. The molecule has 0 saturated carbocycles. The quantitative estimate of drug-likeness (QED) is 0.665. The number of ether oxygens (including phenoxy) is 2. The Balaban J connectivity index is 1.57. The van der Waals surface area contributed by atoms with Crippen LogP contribution in [-0.2, 0) is 11.3 Å². The number of benzene rings is 1. The van der Waals surface area contributed by atoms with E-state index in [0.29, 0.717) is 5.65 Å². The summed E-state index contributed by atoms with van der Waals surface area (Å²) in [4.78, 5) is 2.25. The van der Waals surface area contributed by atoms with E-state index in [2.05, 4.69) is 31.6 Å². The first kappa shape index (κ1) is 14.6. The lowest BCUT2D eigenvalue weighted by Crippen LogP contribution is -2.49. The van der Waals surface area contributed by atoms with Crippen molar-refractivity contribution in [3.63, 3.8) is 0 Å². The first-order valence-corrected chi connectivity index (χ1v) is 8.46. The molecule has 1 fully saturated rings. The van der Waals surface area contributed by atoms with Gasteiger partial charge in [-0.15, -0.1) is 14.8 Å². The van der Waals surface area contributed by atoms with E-state index in [0.717, 1.165) is 56.3 Å². The molecular weight excluding hydrogens is 320 g/mol. The number of hydrogen-bond acceptors (Lipinski definition) is 7. The molecule has 2 aliphatic rings. The average molecular weight is 338 g/mol. The molecule has 1 spiro atoms. The van der Waals surface area contributed by atoms with Crippen molar-refractivity contribution in [3.8, 4) is 5.75 Å². The van der Waals surface area contributed by atoms with Crippen LogP contribution in [0.15, 0.2) is 36.4 Å². The highest BCUT2D eigenvalue weighted by atomic mass is 16.5. The number of fused-ring (bicyclic) bond motifs is 2. The zero-order valence-electron chi connectivity index (χ0n) is 13.7. The van der Waals surface area contributed by atoms with Gasteiger partial charge in [-0.3, -0.25) is 0 Å². The van der Waals surface area contributed by atoms with Crippen molar-refractivity contribution in [2.75, 3.05) is 24.7 Å². The molecule has 8 heteroatoms. The number of anilines is 1. The van der Waals surface area contributed by atoms with E-state index in [4.69, 9.17) is 9.47 Å². The van der Waals surface area contributed by atoms with Crippen LogP contribution in [0.1, 0.15) is 18.4 Å². The molecular formula is C17H18N6O2. The van der Waals surface area contributed by atoms with Gasteiger partial charge in [-0.05, 0) is 28.6 Å². The summed E-state index contributed by atoms with van der Waals surface area (Å²) in [6, 6.07) is 12.1. The number of hydrogen-bond donors (Lipinski definition) is 0. The fraction of sp³-hybridized carbons (Fsp3) is 0.412. The minimum absolute atomic E-state index is 0.262. The Hall–Kier alpha value is -2.74. The number of nitrogens with zero attached hydrogens (tertiary/aromatic N) is 6. The zero-order chi connectivity index (χ0) is 16.7. The smallest absolute Gasteiger partial charge is 0.200 e. The monoisotopic (exact) mass is 338 g/mol. The van der Waals surface area contributed by atoms with Crippen LogP contribution < -0.4 is 9.64 Å². The van der Waals surface area contributed by atoms with Crippen molar-refractivity contribution in [1.29, 1.82) is 0 Å². The molecule has 5 rings (SSSR count). The molecule has 0 amide bonds. The maximum Gasteiger partial charge on any atom is 0.200 e. The summed E-state index contributed by atoms with van der Waals surface area (Å²) in [6.07, 6.45) is 1.73. The maximum absolute atomic E-state index is 6.51. The number of rotatable bonds is 1. The van der Waals surface area contributed by atoms with Crippen LogP contribution in [0.25, 0.3) is 5.65 Å². The van der Waals surface area contributed by atoms with E-state index in [1.54, 1.807) is 0 Å². The van der Waals surface area contributed by atoms with Crippen molar-refractivity contribution in [1.82, 2.24) is 25.3 Å². The first-order chi connectivity index (χ1) is 12.3. The van der Waals surface area contributed by atoms with Crippen LogP contribution in [0.4, 0.5) is 5.82 Å². The summed E-state index contributed by atoms with van der Waals surface area (Å²) in [6.45, 7) is 2.93. The number of tetrazole rings is 1. The summed E-state index contributed by atoms with van der Waals surface area (Å²) in [7, 11) is 0. The summed E-state index contributed by atoms with van der Waals surface area (Å²) < 4.78 is 13.5. The molecule has 0 radical (unpaired) electrons. The van der Waals surface area contributed by atoms with Crippen molar-refractivity contribution in [3.05, 3.63) is 42.0 Å². The molecule has 8 nitrogen and oxygen atoms in total. The molecule has 128 valence electrons. The molecule has 0 aliphatic carbocycles. The Kier molecular flexibility index (Phi) is 3.30. The van der Waals surface area contributed by atoms with Gasteiger partial charge in [0.2, 0.25) is 0 Å². The molecule has 3 aromatic rings. The second-order valence-electron chi connectivity index (χ2n) is 6.58. The van der Waals surface area contributed by atoms with Gasteiger partial charge in [-0.1, -0.05) is 18.2 Å². The summed E-state index contributed by atoms with van der Waals surface area (Å²) >= 11 is 0. The van der Waals surface area contributed by atoms with Gasteiger partial charge in [-0.25, -0.2) is 0 Å². The highest BCUT2D eigenvalue weighted by Crippen LogP contribution is 2.36. The van der Waals surface area contributed by atoms with Gasteiger partial charge in [-0.2, -0.15) is 0 Å². The lowest BCUT2D eigenvalue weighted by atomic mass is 9.93. The predicted molar refractivity (Wildman–Crippen MR) is 89.5 cm³/mol. The van der Waals surface area contributed by atoms with Crippen LogP contribution in [0.3, 0.4) is 0 Å². The fourth-order valence-corrected chi connectivity index (χ4v) is 3.58. The minimum atomic E-state index is -0.262. The van der Waals surface area contributed by atoms with E-state index in [-0.39, 0.29) is 5.60 Å². The first-order valence-electron chi connectivity index (χ1n) is 8.46. The summed E-state index contributed by atoms with van der Waals surface area (Å²) in [5.41, 5.74) is 1.53. The predicted octanol–water partition coefficient (Wildman–Crippen LogP) is 1.47. The van der Waals surface area contributed by atoms with E-state index in [1.807, 2.05) is 30.3 Å². The Morgan fingerprint density at radius 2 is 1.92 bits per heavy atom. The molecule has 0 atom stereocenters. The third-order valence-electron chi connectivity index (χ3n) is 4.92. The molecule has 2 aliphatic heterocycles. The minimum Gasteiger partial charge on any atom is -0.485 e. The molecule has 25 heavy (non-hydrogen) atoms. The van der Waals surface area contributed by atoms with E-state index in [9.17, 15) is 0 Å². The van der Waals surface area contributed by atoms with Crippen LogP contribution in [0, 0.1) is 0 Å². The molecule has 0 unspecified atom stereocenters.